The number of halogens is 2. The number of aliphatic hydroxyl groups excluding tert-OH is 1. The summed E-state index contributed by atoms with van der Waals surface area (Å²) in [7, 11) is -9.63. The Kier molecular flexibility index (Phi) is 8.64. The summed E-state index contributed by atoms with van der Waals surface area (Å²) in [5.74, 6) is -1.84. The molecule has 1 aromatic carbocycles. The van der Waals surface area contributed by atoms with E-state index in [0.717, 1.165) is 0 Å². The lowest BCUT2D eigenvalue weighted by Gasteiger charge is -2.19. The van der Waals surface area contributed by atoms with Gasteiger partial charge in [0.15, 0.2) is 17.8 Å². The van der Waals surface area contributed by atoms with Crippen molar-refractivity contribution in [2.24, 2.45) is 5.11 Å². The number of azide groups is 1. The van der Waals surface area contributed by atoms with Crippen LogP contribution in [0.3, 0.4) is 0 Å². The first-order valence-corrected chi connectivity index (χ1v) is 15.2. The Balaban J connectivity index is 1.62. The van der Waals surface area contributed by atoms with Crippen molar-refractivity contribution in [2.75, 3.05) is 17.8 Å². The minimum atomic E-state index is -4.88. The second kappa shape index (κ2) is 11.5. The normalized spacial score (nSPS) is 23.8. The number of rotatable bonds is 10. The minimum Gasteiger partial charge on any atom is -0.390 e. The van der Waals surface area contributed by atoms with Gasteiger partial charge in [-0.05, 0) is 24.6 Å². The van der Waals surface area contributed by atoms with Gasteiger partial charge in [-0.15, -0.1) is 0 Å². The monoisotopic (exact) mass is 605 g/mol. The van der Waals surface area contributed by atoms with Crippen LogP contribution in [-0.2, 0) is 18.4 Å². The van der Waals surface area contributed by atoms with Crippen LogP contribution in [0.5, 0.6) is 0 Å². The molecule has 0 aliphatic carbocycles. The van der Waals surface area contributed by atoms with E-state index in [1.54, 1.807) is 25.1 Å². The highest BCUT2D eigenvalue weighted by Gasteiger charge is 2.46. The Morgan fingerprint density at radius 3 is 2.74 bits per heavy atom. The van der Waals surface area contributed by atoms with Crippen LogP contribution in [0.15, 0.2) is 41.6 Å². The molecule has 0 spiro atoms. The highest BCUT2D eigenvalue weighted by molar-refractivity contribution is 7.70. The van der Waals surface area contributed by atoms with Crippen molar-refractivity contribution in [1.82, 2.24) is 14.8 Å². The van der Waals surface area contributed by atoms with Crippen molar-refractivity contribution < 1.29 is 42.6 Å². The average Bonchev–Trinajstić information content (AvgIpc) is 3.38. The summed E-state index contributed by atoms with van der Waals surface area (Å²) in [5, 5.41) is 22.1. The van der Waals surface area contributed by atoms with Gasteiger partial charge in [-0.2, -0.15) is 5.10 Å². The van der Waals surface area contributed by atoms with Gasteiger partial charge in [0.25, 0.3) is 0 Å². The molecule has 1 aliphatic heterocycles. The Labute approximate surface area is 224 Å². The largest absolute Gasteiger partial charge is 0.390 e. The van der Waals surface area contributed by atoms with E-state index >= 15 is 0 Å². The van der Waals surface area contributed by atoms with E-state index in [9.17, 15) is 23.5 Å². The predicted octanol–water partition coefficient (Wildman–Crippen LogP) is 3.67. The standard InChI is InChI=1S/C20H23ClFN7O8P2/c1-10(11-4-2-3-5-13(11)22)25-14-6-16(21)26-19-12(14)7-24-29(19)20-17(27-28-23)18(30)15(37-20)8-36-39(34,35)9-38(31,32)33/h2-7,10,15,17-18,20,30H,8-9H2,1H3,(H,25,26)(H,34,35)(H2,31,32,33)/t10?,15-,17-,18-,20-/m1/s1. The van der Waals surface area contributed by atoms with Gasteiger partial charge in [-0.3, -0.25) is 9.13 Å². The van der Waals surface area contributed by atoms with E-state index in [4.69, 9.17) is 36.2 Å². The van der Waals surface area contributed by atoms with Gasteiger partial charge < -0.3 is 34.4 Å². The van der Waals surface area contributed by atoms with Gasteiger partial charge in [0, 0.05) is 10.5 Å². The first kappa shape index (κ1) is 29.4. The first-order chi connectivity index (χ1) is 18.3. The zero-order valence-corrected chi connectivity index (χ0v) is 22.6. The van der Waals surface area contributed by atoms with Crippen LogP contribution in [0.4, 0.5) is 10.1 Å². The molecule has 1 aliphatic rings. The van der Waals surface area contributed by atoms with Gasteiger partial charge in [0.1, 0.15) is 23.1 Å². The summed E-state index contributed by atoms with van der Waals surface area (Å²) in [4.78, 5) is 34.6. The molecule has 2 unspecified atom stereocenters. The fourth-order valence-electron chi connectivity index (χ4n) is 4.15. The number of aliphatic hydroxyl groups is 1. The Morgan fingerprint density at radius 1 is 1.36 bits per heavy atom. The lowest BCUT2D eigenvalue weighted by molar-refractivity contribution is -0.0441. The van der Waals surface area contributed by atoms with Crippen molar-refractivity contribution in [3.05, 3.63) is 63.5 Å². The maximum atomic E-state index is 14.3. The third kappa shape index (κ3) is 6.76. The smallest absolute Gasteiger partial charge is 0.340 e. The van der Waals surface area contributed by atoms with Crippen molar-refractivity contribution in [1.29, 1.82) is 0 Å². The number of anilines is 1. The minimum absolute atomic E-state index is 0.0323. The quantitative estimate of drug-likeness (QED) is 0.0736. The molecule has 5 N–H and O–H groups in total. The number of nitrogens with one attached hydrogen (secondary N) is 1. The molecule has 2 aromatic heterocycles. The Hall–Kier alpha value is -2.61. The van der Waals surface area contributed by atoms with Gasteiger partial charge >= 0.3 is 15.2 Å². The van der Waals surface area contributed by atoms with Crippen LogP contribution >= 0.6 is 26.8 Å². The van der Waals surface area contributed by atoms with Gasteiger partial charge in [0.05, 0.1) is 36.0 Å². The zero-order chi connectivity index (χ0) is 28.5. The van der Waals surface area contributed by atoms with E-state index in [1.165, 1.54) is 23.0 Å². The summed E-state index contributed by atoms with van der Waals surface area (Å²) >= 11 is 6.25. The number of hydrogen-bond donors (Lipinski definition) is 5. The molecular formula is C20H23ClFN7O8P2. The van der Waals surface area contributed by atoms with Crippen LogP contribution in [0.25, 0.3) is 21.5 Å². The molecular weight excluding hydrogens is 583 g/mol. The summed E-state index contributed by atoms with van der Waals surface area (Å²) < 4.78 is 49.1. The molecule has 3 heterocycles. The Bertz CT molecular complexity index is 1520. The van der Waals surface area contributed by atoms with Crippen LogP contribution in [0.1, 0.15) is 24.8 Å². The second-order valence-electron chi connectivity index (χ2n) is 8.70. The topological polar surface area (TPSA) is 225 Å². The summed E-state index contributed by atoms with van der Waals surface area (Å²) in [5.41, 5.74) is 10.0. The predicted molar refractivity (Wildman–Crippen MR) is 137 cm³/mol. The third-order valence-corrected chi connectivity index (χ3v) is 9.50. The summed E-state index contributed by atoms with van der Waals surface area (Å²) in [6.07, 6.45) is -2.77. The van der Waals surface area contributed by atoms with Crippen LogP contribution in [-0.4, -0.2) is 65.3 Å². The van der Waals surface area contributed by atoms with Crippen LogP contribution < -0.4 is 5.32 Å². The van der Waals surface area contributed by atoms with E-state index in [2.05, 4.69) is 25.4 Å². The van der Waals surface area contributed by atoms with E-state index in [-0.39, 0.29) is 10.8 Å². The molecule has 4 rings (SSSR count). The van der Waals surface area contributed by atoms with Gasteiger partial charge in [-0.1, -0.05) is 34.9 Å². The first-order valence-electron chi connectivity index (χ1n) is 11.2. The van der Waals surface area contributed by atoms with Crippen molar-refractivity contribution in [3.8, 4) is 0 Å². The van der Waals surface area contributed by atoms with Crippen molar-refractivity contribution in [3.63, 3.8) is 0 Å². The molecule has 19 heteroatoms. The molecule has 0 saturated carbocycles. The number of benzene rings is 1. The number of pyridine rings is 1. The second-order valence-corrected chi connectivity index (χ2v) is 13.1. The van der Waals surface area contributed by atoms with Crippen molar-refractivity contribution in [2.45, 2.75) is 37.4 Å². The highest BCUT2D eigenvalue weighted by Crippen LogP contribution is 2.55. The van der Waals surface area contributed by atoms with E-state index in [1.807, 2.05) is 0 Å². The SMILES string of the molecule is CC(Nc1cc(Cl)nc2c1cnn2[C@@H]1O[C@H](COP(=O)(O)CP(=O)(O)O)[C@@H](O)[C@H]1N=[N+]=[N-])c1ccccc1F. The fourth-order valence-corrected chi connectivity index (χ4v) is 6.91. The van der Waals surface area contributed by atoms with Crippen molar-refractivity contribution >= 4 is 43.5 Å². The number of ether oxygens (including phenoxy) is 1. The molecule has 15 nitrogen and oxygen atoms in total. The van der Waals surface area contributed by atoms with Crippen LogP contribution in [0.2, 0.25) is 5.15 Å². The maximum Gasteiger partial charge on any atom is 0.340 e. The lowest BCUT2D eigenvalue weighted by atomic mass is 10.1. The van der Waals surface area contributed by atoms with Crippen LogP contribution in [0, 0.1) is 5.82 Å². The number of hydrogen-bond acceptors (Lipinski definition) is 9. The fraction of sp³-hybridized carbons (Fsp3) is 0.400. The van der Waals surface area contributed by atoms with Gasteiger partial charge in [-0.25, -0.2) is 14.1 Å². The Morgan fingerprint density at radius 2 is 2.08 bits per heavy atom. The molecule has 1 saturated heterocycles. The molecule has 0 bridgehead atoms. The third-order valence-electron chi connectivity index (χ3n) is 5.85. The number of fused-ring (bicyclic) bond motifs is 1. The lowest BCUT2D eigenvalue weighted by Crippen LogP contribution is -2.32. The molecule has 0 amide bonds. The molecule has 39 heavy (non-hydrogen) atoms. The summed E-state index contributed by atoms with van der Waals surface area (Å²) in [6.45, 7) is 0.983. The summed E-state index contributed by atoms with van der Waals surface area (Å²) in [6, 6.07) is 5.96. The molecule has 1 fully saturated rings. The van der Waals surface area contributed by atoms with E-state index < -0.39 is 64.0 Å². The number of aromatic nitrogens is 3. The average molecular weight is 606 g/mol. The molecule has 0 radical (unpaired) electrons. The van der Waals surface area contributed by atoms with Gasteiger partial charge in [0.2, 0.25) is 0 Å². The molecule has 6 atom stereocenters. The maximum absolute atomic E-state index is 14.3. The number of nitrogens with zero attached hydrogens (tertiary/aromatic N) is 6. The molecule has 210 valence electrons. The zero-order valence-electron chi connectivity index (χ0n) is 20.0. The molecule has 3 aromatic rings. The highest BCUT2D eigenvalue weighted by atomic mass is 35.5. The van der Waals surface area contributed by atoms with E-state index in [0.29, 0.717) is 16.6 Å².